The quantitative estimate of drug-likeness (QED) is 0.802. The van der Waals surface area contributed by atoms with Crippen molar-refractivity contribution < 1.29 is 4.39 Å². The Morgan fingerprint density at radius 3 is 2.33 bits per heavy atom. The van der Waals surface area contributed by atoms with Crippen LogP contribution in [0.25, 0.3) is 0 Å². The second-order valence-electron chi connectivity index (χ2n) is 5.83. The highest BCUT2D eigenvalue weighted by Gasteiger charge is 2.15. The monoisotopic (exact) mass is 251 g/mol. The molecule has 18 heavy (non-hydrogen) atoms. The van der Waals surface area contributed by atoms with Crippen LogP contribution < -0.4 is 5.32 Å². The molecule has 102 valence electrons. The summed E-state index contributed by atoms with van der Waals surface area (Å²) in [5.74, 6) is 1.46. The Labute approximate surface area is 111 Å². The van der Waals surface area contributed by atoms with E-state index in [9.17, 15) is 4.39 Å². The predicted molar refractivity (Wildman–Crippen MR) is 76.4 cm³/mol. The Morgan fingerprint density at radius 2 is 1.78 bits per heavy atom. The summed E-state index contributed by atoms with van der Waals surface area (Å²) >= 11 is 0. The SMILES string of the molecule is Cc1ccc(C(C)C(C)CNCC(C)C)cc1F. The first-order chi connectivity index (χ1) is 8.41. The maximum absolute atomic E-state index is 13.5. The summed E-state index contributed by atoms with van der Waals surface area (Å²) in [5.41, 5.74) is 1.81. The number of rotatable bonds is 6. The second kappa shape index (κ2) is 6.89. The third kappa shape index (κ3) is 4.41. The lowest BCUT2D eigenvalue weighted by Crippen LogP contribution is -2.27. The first-order valence-corrected chi connectivity index (χ1v) is 6.88. The van der Waals surface area contributed by atoms with Gasteiger partial charge in [-0.3, -0.25) is 0 Å². The minimum absolute atomic E-state index is 0.0957. The van der Waals surface area contributed by atoms with Gasteiger partial charge in [-0.2, -0.15) is 0 Å². The van der Waals surface area contributed by atoms with E-state index in [1.807, 2.05) is 12.1 Å². The van der Waals surface area contributed by atoms with E-state index in [-0.39, 0.29) is 5.82 Å². The molecule has 2 atom stereocenters. The molecule has 0 aliphatic carbocycles. The van der Waals surface area contributed by atoms with Crippen molar-refractivity contribution in [2.75, 3.05) is 13.1 Å². The fraction of sp³-hybridized carbons (Fsp3) is 0.625. The molecule has 2 heteroatoms. The lowest BCUT2D eigenvalue weighted by molar-refractivity contribution is 0.427. The number of halogens is 1. The standard InChI is InChI=1S/C16H26FN/c1-11(2)9-18-10-13(4)14(5)15-7-6-12(3)16(17)8-15/h6-8,11,13-14,18H,9-10H2,1-5H3. The summed E-state index contributed by atoms with van der Waals surface area (Å²) < 4.78 is 13.5. The summed E-state index contributed by atoms with van der Waals surface area (Å²) in [6, 6.07) is 5.59. The lowest BCUT2D eigenvalue weighted by Gasteiger charge is -2.21. The number of nitrogens with one attached hydrogen (secondary N) is 1. The van der Waals surface area contributed by atoms with Crippen LogP contribution in [0.3, 0.4) is 0 Å². The number of aryl methyl sites for hydroxylation is 1. The molecule has 0 heterocycles. The Kier molecular flexibility index (Phi) is 5.80. The van der Waals surface area contributed by atoms with Crippen molar-refractivity contribution in [2.24, 2.45) is 11.8 Å². The van der Waals surface area contributed by atoms with Gasteiger partial charge in [-0.25, -0.2) is 4.39 Å². The van der Waals surface area contributed by atoms with Crippen LogP contribution in [-0.4, -0.2) is 13.1 Å². The zero-order valence-electron chi connectivity index (χ0n) is 12.3. The second-order valence-corrected chi connectivity index (χ2v) is 5.83. The van der Waals surface area contributed by atoms with Crippen molar-refractivity contribution >= 4 is 0 Å². The van der Waals surface area contributed by atoms with Crippen LogP contribution in [0, 0.1) is 24.6 Å². The number of hydrogen-bond donors (Lipinski definition) is 1. The molecule has 1 rings (SSSR count). The van der Waals surface area contributed by atoms with E-state index in [0.717, 1.165) is 24.2 Å². The molecule has 0 saturated heterocycles. The predicted octanol–water partition coefficient (Wildman–Crippen LogP) is 4.12. The van der Waals surface area contributed by atoms with Gasteiger partial charge in [-0.15, -0.1) is 0 Å². The van der Waals surface area contributed by atoms with Crippen molar-refractivity contribution in [3.63, 3.8) is 0 Å². The largest absolute Gasteiger partial charge is 0.316 e. The molecular formula is C16H26FN. The minimum atomic E-state index is -0.0957. The van der Waals surface area contributed by atoms with Gasteiger partial charge >= 0.3 is 0 Å². The smallest absolute Gasteiger partial charge is 0.126 e. The highest BCUT2D eigenvalue weighted by atomic mass is 19.1. The summed E-state index contributed by atoms with van der Waals surface area (Å²) in [5, 5.41) is 3.47. The van der Waals surface area contributed by atoms with Crippen LogP contribution in [-0.2, 0) is 0 Å². The molecule has 0 fully saturated rings. The van der Waals surface area contributed by atoms with E-state index in [4.69, 9.17) is 0 Å². The van der Waals surface area contributed by atoms with E-state index in [0.29, 0.717) is 17.8 Å². The van der Waals surface area contributed by atoms with Gasteiger partial charge in [-0.05, 0) is 55.0 Å². The molecule has 1 N–H and O–H groups in total. The molecular weight excluding hydrogens is 225 g/mol. The van der Waals surface area contributed by atoms with E-state index >= 15 is 0 Å². The fourth-order valence-corrected chi connectivity index (χ4v) is 2.00. The van der Waals surface area contributed by atoms with Gasteiger partial charge < -0.3 is 5.32 Å². The molecule has 2 unspecified atom stereocenters. The van der Waals surface area contributed by atoms with Gasteiger partial charge in [0.25, 0.3) is 0 Å². The van der Waals surface area contributed by atoms with Gasteiger partial charge in [-0.1, -0.05) is 39.8 Å². The minimum Gasteiger partial charge on any atom is -0.316 e. The van der Waals surface area contributed by atoms with Crippen LogP contribution >= 0.6 is 0 Å². The van der Waals surface area contributed by atoms with E-state index in [2.05, 4.69) is 33.0 Å². The lowest BCUT2D eigenvalue weighted by atomic mass is 9.88. The average molecular weight is 251 g/mol. The molecule has 0 radical (unpaired) electrons. The molecule has 0 aliphatic heterocycles. The van der Waals surface area contributed by atoms with Gasteiger partial charge in [0, 0.05) is 0 Å². The van der Waals surface area contributed by atoms with Crippen molar-refractivity contribution in [2.45, 2.75) is 40.5 Å². The number of hydrogen-bond acceptors (Lipinski definition) is 1. The normalized spacial score (nSPS) is 14.8. The van der Waals surface area contributed by atoms with Crippen molar-refractivity contribution in [1.82, 2.24) is 5.32 Å². The van der Waals surface area contributed by atoms with Crippen LogP contribution in [0.15, 0.2) is 18.2 Å². The summed E-state index contributed by atoms with van der Waals surface area (Å²) in [6.07, 6.45) is 0. The molecule has 1 aromatic carbocycles. The van der Waals surface area contributed by atoms with Crippen molar-refractivity contribution in [1.29, 1.82) is 0 Å². The van der Waals surface area contributed by atoms with E-state index in [1.54, 1.807) is 13.0 Å². The molecule has 0 spiro atoms. The maximum Gasteiger partial charge on any atom is 0.126 e. The Bertz CT molecular complexity index is 373. The Hall–Kier alpha value is -0.890. The van der Waals surface area contributed by atoms with Gasteiger partial charge in [0.1, 0.15) is 5.82 Å². The zero-order chi connectivity index (χ0) is 13.7. The number of benzene rings is 1. The maximum atomic E-state index is 13.5. The zero-order valence-corrected chi connectivity index (χ0v) is 12.3. The third-order valence-electron chi connectivity index (χ3n) is 3.59. The van der Waals surface area contributed by atoms with E-state index < -0.39 is 0 Å². The van der Waals surface area contributed by atoms with Gasteiger partial charge in [0.2, 0.25) is 0 Å². The van der Waals surface area contributed by atoms with Crippen LogP contribution in [0.2, 0.25) is 0 Å². The molecule has 0 bridgehead atoms. The Morgan fingerprint density at radius 1 is 1.11 bits per heavy atom. The topological polar surface area (TPSA) is 12.0 Å². The van der Waals surface area contributed by atoms with Crippen LogP contribution in [0.1, 0.15) is 44.7 Å². The summed E-state index contributed by atoms with van der Waals surface area (Å²) in [7, 11) is 0. The third-order valence-corrected chi connectivity index (χ3v) is 3.59. The summed E-state index contributed by atoms with van der Waals surface area (Å²) in [4.78, 5) is 0. The molecule has 0 amide bonds. The highest BCUT2D eigenvalue weighted by molar-refractivity contribution is 5.26. The van der Waals surface area contributed by atoms with Crippen molar-refractivity contribution in [3.8, 4) is 0 Å². The first kappa shape index (κ1) is 15.2. The van der Waals surface area contributed by atoms with E-state index in [1.165, 1.54) is 0 Å². The molecule has 1 aromatic rings. The molecule has 0 aliphatic rings. The fourth-order valence-electron chi connectivity index (χ4n) is 2.00. The average Bonchev–Trinajstić information content (AvgIpc) is 2.31. The van der Waals surface area contributed by atoms with Gasteiger partial charge in [0.05, 0.1) is 0 Å². The molecule has 0 saturated carbocycles. The van der Waals surface area contributed by atoms with Gasteiger partial charge in [0.15, 0.2) is 0 Å². The van der Waals surface area contributed by atoms with Crippen molar-refractivity contribution in [3.05, 3.63) is 35.1 Å². The highest BCUT2D eigenvalue weighted by Crippen LogP contribution is 2.25. The van der Waals surface area contributed by atoms with Crippen LogP contribution in [0.4, 0.5) is 4.39 Å². The van der Waals surface area contributed by atoms with Crippen LogP contribution in [0.5, 0.6) is 0 Å². The molecule has 1 nitrogen and oxygen atoms in total. The Balaban J connectivity index is 2.56. The molecule has 0 aromatic heterocycles. The summed E-state index contributed by atoms with van der Waals surface area (Å²) in [6.45, 7) is 12.6. The first-order valence-electron chi connectivity index (χ1n) is 6.88.